The van der Waals surface area contributed by atoms with Crippen LogP contribution in [0.1, 0.15) is 23.6 Å². The number of halogens is 3. The molecule has 0 saturated carbocycles. The zero-order valence-corrected chi connectivity index (χ0v) is 18.1. The third-order valence-electron chi connectivity index (χ3n) is 5.05. The molecule has 1 N–H and O–H groups in total. The van der Waals surface area contributed by atoms with Gasteiger partial charge in [-0.05, 0) is 37.6 Å². The highest BCUT2D eigenvalue weighted by Crippen LogP contribution is 2.46. The number of carboxylic acid groups (broad SMARTS) is 1. The number of carboxylic acids is 1. The highest BCUT2D eigenvalue weighted by atomic mass is 32.2. The van der Waals surface area contributed by atoms with Crippen LogP contribution in [0.3, 0.4) is 0 Å². The Hall–Kier alpha value is -2.53. The molecule has 2 saturated heterocycles. The number of rotatable bonds is 5. The van der Waals surface area contributed by atoms with Crippen molar-refractivity contribution in [2.24, 2.45) is 0 Å². The van der Waals surface area contributed by atoms with E-state index >= 15 is 0 Å². The first-order valence-corrected chi connectivity index (χ1v) is 10.8. The molecule has 1 amide bonds. The van der Waals surface area contributed by atoms with Gasteiger partial charge in [-0.3, -0.25) is 9.78 Å². The summed E-state index contributed by atoms with van der Waals surface area (Å²) in [6, 6.07) is 9.68. The van der Waals surface area contributed by atoms with Gasteiger partial charge in [0.1, 0.15) is 5.76 Å². The number of aromatic nitrogens is 1. The van der Waals surface area contributed by atoms with Crippen LogP contribution in [0.15, 0.2) is 41.0 Å². The fourth-order valence-corrected chi connectivity index (χ4v) is 5.06. The molecule has 1 atom stereocenters. The van der Waals surface area contributed by atoms with Gasteiger partial charge in [-0.15, -0.1) is 11.8 Å². The first kappa shape index (κ1) is 24.1. The highest BCUT2D eigenvalue weighted by Gasteiger charge is 2.50. The summed E-state index contributed by atoms with van der Waals surface area (Å²) < 4.78 is 43.2. The summed E-state index contributed by atoms with van der Waals surface area (Å²) in [6.45, 7) is 4.19. The van der Waals surface area contributed by atoms with Crippen LogP contribution in [0, 0.1) is 6.92 Å². The van der Waals surface area contributed by atoms with E-state index in [0.29, 0.717) is 13.0 Å². The van der Waals surface area contributed by atoms with Crippen LogP contribution in [-0.2, 0) is 27.4 Å². The van der Waals surface area contributed by atoms with Gasteiger partial charge in [-0.1, -0.05) is 6.07 Å². The van der Waals surface area contributed by atoms with Crippen molar-refractivity contribution in [2.75, 3.05) is 18.8 Å². The van der Waals surface area contributed by atoms with Crippen molar-refractivity contribution < 1.29 is 37.0 Å². The van der Waals surface area contributed by atoms with E-state index in [2.05, 4.69) is 4.98 Å². The molecule has 1 spiro atoms. The van der Waals surface area contributed by atoms with Gasteiger partial charge in [0.25, 0.3) is 0 Å². The van der Waals surface area contributed by atoms with E-state index in [0.717, 1.165) is 42.4 Å². The topological polar surface area (TPSA) is 92.9 Å². The zero-order valence-electron chi connectivity index (χ0n) is 17.3. The number of carbonyl (C=O) groups excluding carboxylic acids is 1. The SMILES string of the molecule is Cc1cccc(COC2CSC3(C2)CN(C(=O)Cc2ccco2)C3)n1.O=C(O)C(F)(F)F. The Kier molecular flexibility index (Phi) is 7.50. The second kappa shape index (κ2) is 9.95. The van der Waals surface area contributed by atoms with Gasteiger partial charge in [0.2, 0.25) is 5.91 Å². The summed E-state index contributed by atoms with van der Waals surface area (Å²) >= 11 is 1.94. The normalized spacial score (nSPS) is 19.2. The second-order valence-corrected chi connectivity index (χ2v) is 9.20. The third-order valence-corrected chi connectivity index (χ3v) is 6.62. The minimum Gasteiger partial charge on any atom is -0.475 e. The fraction of sp³-hybridized carbons (Fsp3) is 0.476. The number of hydrogen-bond acceptors (Lipinski definition) is 6. The van der Waals surface area contributed by atoms with Gasteiger partial charge in [0, 0.05) is 24.5 Å². The van der Waals surface area contributed by atoms with Gasteiger partial charge < -0.3 is 19.2 Å². The molecule has 2 aliphatic rings. The minimum atomic E-state index is -5.08. The number of likely N-dealkylation sites (tertiary alicyclic amines) is 1. The maximum atomic E-state index is 12.3. The van der Waals surface area contributed by atoms with Gasteiger partial charge in [-0.2, -0.15) is 13.2 Å². The van der Waals surface area contributed by atoms with Crippen LogP contribution in [0.25, 0.3) is 0 Å². The number of alkyl halides is 3. The molecule has 0 aliphatic carbocycles. The summed E-state index contributed by atoms with van der Waals surface area (Å²) in [7, 11) is 0. The standard InChI is InChI=1S/C19H22N2O3S.C2HF3O2/c1-14-4-2-5-15(20-14)10-24-17-9-19(25-11-17)12-21(13-19)18(22)8-16-6-3-7-23-16;3-2(4,5)1(6)7/h2-7,17H,8-13H2,1H3;(H,6,7). The van der Waals surface area contributed by atoms with Gasteiger partial charge in [0.15, 0.2) is 0 Å². The molecule has 1 unspecified atom stereocenters. The molecule has 0 aromatic carbocycles. The molecule has 0 bridgehead atoms. The van der Waals surface area contributed by atoms with E-state index in [-0.39, 0.29) is 16.8 Å². The van der Waals surface area contributed by atoms with Crippen molar-refractivity contribution in [3.63, 3.8) is 0 Å². The summed E-state index contributed by atoms with van der Waals surface area (Å²) in [5.74, 6) is -0.884. The van der Waals surface area contributed by atoms with Crippen LogP contribution in [0.2, 0.25) is 0 Å². The van der Waals surface area contributed by atoms with Crippen molar-refractivity contribution in [3.05, 3.63) is 53.7 Å². The van der Waals surface area contributed by atoms with E-state index in [1.165, 1.54) is 0 Å². The van der Waals surface area contributed by atoms with Crippen LogP contribution < -0.4 is 0 Å². The van der Waals surface area contributed by atoms with Crippen molar-refractivity contribution in [1.82, 2.24) is 9.88 Å². The first-order chi connectivity index (χ1) is 15.1. The Balaban J connectivity index is 0.000000360. The van der Waals surface area contributed by atoms with Gasteiger partial charge >= 0.3 is 12.1 Å². The van der Waals surface area contributed by atoms with Crippen molar-refractivity contribution in [1.29, 1.82) is 0 Å². The molecule has 174 valence electrons. The molecule has 2 aliphatic heterocycles. The second-order valence-electron chi connectivity index (χ2n) is 7.71. The maximum Gasteiger partial charge on any atom is 0.490 e. The van der Waals surface area contributed by atoms with Crippen LogP contribution in [-0.4, -0.2) is 62.7 Å². The molecule has 2 aromatic heterocycles. The van der Waals surface area contributed by atoms with Gasteiger partial charge in [0.05, 0.1) is 35.8 Å². The number of carbonyl (C=O) groups is 2. The Morgan fingerprint density at radius 2 is 2.03 bits per heavy atom. The molecule has 32 heavy (non-hydrogen) atoms. The molecular weight excluding hydrogens is 449 g/mol. The number of hydrogen-bond donors (Lipinski definition) is 1. The number of thioether (sulfide) groups is 1. The largest absolute Gasteiger partial charge is 0.490 e. The lowest BCUT2D eigenvalue weighted by molar-refractivity contribution is -0.192. The fourth-order valence-electron chi connectivity index (χ4n) is 3.51. The lowest BCUT2D eigenvalue weighted by Crippen LogP contribution is -2.61. The summed E-state index contributed by atoms with van der Waals surface area (Å²) in [5, 5.41) is 7.12. The van der Waals surface area contributed by atoms with E-state index in [9.17, 15) is 18.0 Å². The molecule has 0 radical (unpaired) electrons. The lowest BCUT2D eigenvalue weighted by atomic mass is 9.92. The highest BCUT2D eigenvalue weighted by molar-refractivity contribution is 8.01. The number of pyridine rings is 1. The van der Waals surface area contributed by atoms with E-state index in [1.54, 1.807) is 6.26 Å². The number of aryl methyl sites for hydroxylation is 1. The third kappa shape index (κ3) is 6.49. The van der Waals surface area contributed by atoms with Crippen molar-refractivity contribution >= 4 is 23.6 Å². The van der Waals surface area contributed by atoms with Gasteiger partial charge in [-0.25, -0.2) is 4.79 Å². The number of ether oxygens (including phenoxy) is 1. The van der Waals surface area contributed by atoms with Crippen LogP contribution in [0.5, 0.6) is 0 Å². The first-order valence-electron chi connectivity index (χ1n) is 9.85. The average molecular weight is 472 g/mol. The molecule has 4 heterocycles. The Morgan fingerprint density at radius 3 is 2.62 bits per heavy atom. The lowest BCUT2D eigenvalue weighted by Gasteiger charge is -2.47. The van der Waals surface area contributed by atoms with Crippen molar-refractivity contribution in [3.8, 4) is 0 Å². The Morgan fingerprint density at radius 1 is 1.31 bits per heavy atom. The molecule has 2 aromatic rings. The number of furan rings is 1. The number of nitrogens with zero attached hydrogens (tertiary/aromatic N) is 2. The van der Waals surface area contributed by atoms with Crippen LogP contribution >= 0.6 is 11.8 Å². The molecule has 11 heteroatoms. The average Bonchev–Trinajstić information content (AvgIpc) is 3.35. The predicted octanol–water partition coefficient (Wildman–Crippen LogP) is 3.46. The Bertz CT molecular complexity index is 930. The summed E-state index contributed by atoms with van der Waals surface area (Å²) in [5.41, 5.74) is 2.00. The molecule has 7 nitrogen and oxygen atoms in total. The predicted molar refractivity (Wildman–Crippen MR) is 110 cm³/mol. The number of aliphatic carboxylic acids is 1. The van der Waals surface area contributed by atoms with Crippen LogP contribution in [0.4, 0.5) is 13.2 Å². The molecule has 2 fully saturated rings. The van der Waals surface area contributed by atoms with E-state index < -0.39 is 12.1 Å². The maximum absolute atomic E-state index is 12.3. The minimum absolute atomic E-state index is 0.148. The molecule has 4 rings (SSSR count). The smallest absolute Gasteiger partial charge is 0.475 e. The zero-order chi connectivity index (χ0) is 23.4. The molecular formula is C21H23F3N2O5S. The quantitative estimate of drug-likeness (QED) is 0.712. The summed E-state index contributed by atoms with van der Waals surface area (Å²) in [6.07, 6.45) is -1.87. The monoisotopic (exact) mass is 472 g/mol. The van der Waals surface area contributed by atoms with E-state index in [1.807, 2.05) is 53.9 Å². The van der Waals surface area contributed by atoms with E-state index in [4.69, 9.17) is 19.1 Å². The Labute approximate surface area is 186 Å². The van der Waals surface area contributed by atoms with Crippen molar-refractivity contribution in [2.45, 2.75) is 43.4 Å². The summed E-state index contributed by atoms with van der Waals surface area (Å²) in [4.78, 5) is 27.6. The number of amides is 1.